The van der Waals surface area contributed by atoms with Gasteiger partial charge in [-0.1, -0.05) is 12.1 Å². The monoisotopic (exact) mass is 308 g/mol. The van der Waals surface area contributed by atoms with Gasteiger partial charge in [-0.15, -0.1) is 12.4 Å². The first-order valence-corrected chi connectivity index (χ1v) is 6.51. The third-order valence-electron chi connectivity index (χ3n) is 3.10. The fraction of sp³-hybridized carbons (Fsp3) is 0.333. The standard InChI is InChI=1S/C15H20N4O.ClH/c1-10-11(9-17-19(10)15(2,3)4)14(20)18-13-8-6-5-7-12(13)16;/h5-9H,16H2,1-4H3,(H,18,20);1H. The molecule has 0 bridgehead atoms. The van der Waals surface area contributed by atoms with Crippen LogP contribution in [0.5, 0.6) is 0 Å². The van der Waals surface area contributed by atoms with Gasteiger partial charge in [0.25, 0.3) is 5.91 Å². The number of nitrogens with zero attached hydrogens (tertiary/aromatic N) is 2. The van der Waals surface area contributed by atoms with Crippen LogP contribution in [-0.2, 0) is 5.54 Å². The lowest BCUT2D eigenvalue weighted by Gasteiger charge is -2.21. The summed E-state index contributed by atoms with van der Waals surface area (Å²) in [6, 6.07) is 7.18. The van der Waals surface area contributed by atoms with Crippen molar-refractivity contribution in [3.8, 4) is 0 Å². The predicted octanol–water partition coefficient (Wildman–Crippen LogP) is 3.20. The quantitative estimate of drug-likeness (QED) is 0.837. The zero-order chi connectivity index (χ0) is 14.9. The van der Waals surface area contributed by atoms with Crippen LogP contribution in [0.3, 0.4) is 0 Å². The van der Waals surface area contributed by atoms with Gasteiger partial charge in [0, 0.05) is 5.69 Å². The molecule has 1 heterocycles. The SMILES string of the molecule is Cc1c(C(=O)Nc2ccccc2N)cnn1C(C)(C)C.Cl. The fourth-order valence-electron chi connectivity index (χ4n) is 2.11. The minimum atomic E-state index is -0.198. The van der Waals surface area contributed by atoms with Gasteiger partial charge in [-0.05, 0) is 39.8 Å². The van der Waals surface area contributed by atoms with Crippen molar-refractivity contribution in [3.05, 3.63) is 41.7 Å². The Hall–Kier alpha value is -2.01. The topological polar surface area (TPSA) is 72.9 Å². The molecule has 0 saturated carbocycles. The molecule has 0 aliphatic rings. The van der Waals surface area contributed by atoms with Crippen molar-refractivity contribution in [1.82, 2.24) is 9.78 Å². The Morgan fingerprint density at radius 3 is 2.43 bits per heavy atom. The van der Waals surface area contributed by atoms with Crippen LogP contribution in [-0.4, -0.2) is 15.7 Å². The van der Waals surface area contributed by atoms with Crippen molar-refractivity contribution in [3.63, 3.8) is 0 Å². The van der Waals surface area contributed by atoms with Gasteiger partial charge >= 0.3 is 0 Å². The summed E-state index contributed by atoms with van der Waals surface area (Å²) < 4.78 is 1.84. The highest BCUT2D eigenvalue weighted by atomic mass is 35.5. The summed E-state index contributed by atoms with van der Waals surface area (Å²) in [5, 5.41) is 7.11. The van der Waals surface area contributed by atoms with E-state index in [1.807, 2.05) is 44.5 Å². The molecule has 6 heteroatoms. The smallest absolute Gasteiger partial charge is 0.259 e. The highest BCUT2D eigenvalue weighted by molar-refractivity contribution is 6.06. The van der Waals surface area contributed by atoms with Crippen LogP contribution in [0.4, 0.5) is 11.4 Å². The largest absolute Gasteiger partial charge is 0.397 e. The van der Waals surface area contributed by atoms with E-state index in [0.29, 0.717) is 16.9 Å². The average Bonchev–Trinajstić information content (AvgIpc) is 2.74. The van der Waals surface area contributed by atoms with Gasteiger partial charge < -0.3 is 11.1 Å². The molecule has 114 valence electrons. The minimum absolute atomic E-state index is 0. The van der Waals surface area contributed by atoms with E-state index in [4.69, 9.17) is 5.73 Å². The highest BCUT2D eigenvalue weighted by Gasteiger charge is 2.21. The number of benzene rings is 1. The first-order valence-electron chi connectivity index (χ1n) is 6.51. The lowest BCUT2D eigenvalue weighted by atomic mass is 10.1. The molecular formula is C15H21ClN4O. The van der Waals surface area contributed by atoms with Crippen LogP contribution in [0.2, 0.25) is 0 Å². The summed E-state index contributed by atoms with van der Waals surface area (Å²) in [6.45, 7) is 8.03. The van der Waals surface area contributed by atoms with Crippen LogP contribution in [0.25, 0.3) is 0 Å². The maximum atomic E-state index is 12.3. The number of nitrogens with one attached hydrogen (secondary N) is 1. The number of rotatable bonds is 2. The predicted molar refractivity (Wildman–Crippen MR) is 88.0 cm³/mol. The van der Waals surface area contributed by atoms with E-state index in [2.05, 4.69) is 10.4 Å². The van der Waals surface area contributed by atoms with Gasteiger partial charge in [0.05, 0.1) is 28.7 Å². The molecule has 0 aliphatic carbocycles. The number of amides is 1. The maximum Gasteiger partial charge on any atom is 0.259 e. The van der Waals surface area contributed by atoms with Gasteiger partial charge in [0.15, 0.2) is 0 Å². The van der Waals surface area contributed by atoms with Crippen molar-refractivity contribution in [2.75, 3.05) is 11.1 Å². The van der Waals surface area contributed by atoms with E-state index >= 15 is 0 Å². The lowest BCUT2D eigenvalue weighted by Crippen LogP contribution is -2.25. The molecular weight excluding hydrogens is 288 g/mol. The summed E-state index contributed by atoms with van der Waals surface area (Å²) in [4.78, 5) is 12.3. The molecule has 1 aromatic heterocycles. The number of carbonyl (C=O) groups is 1. The van der Waals surface area contributed by atoms with Crippen molar-refractivity contribution in [2.45, 2.75) is 33.2 Å². The van der Waals surface area contributed by atoms with Gasteiger partial charge in [-0.25, -0.2) is 0 Å². The van der Waals surface area contributed by atoms with Crippen LogP contribution in [0, 0.1) is 6.92 Å². The van der Waals surface area contributed by atoms with E-state index < -0.39 is 0 Å². The van der Waals surface area contributed by atoms with E-state index in [1.165, 1.54) is 0 Å². The summed E-state index contributed by atoms with van der Waals surface area (Å²) >= 11 is 0. The first kappa shape index (κ1) is 17.0. The molecule has 1 amide bonds. The van der Waals surface area contributed by atoms with E-state index in [0.717, 1.165) is 5.69 Å². The number of para-hydroxylation sites is 2. The van der Waals surface area contributed by atoms with Crippen molar-refractivity contribution in [2.24, 2.45) is 0 Å². The second kappa shape index (κ2) is 6.18. The van der Waals surface area contributed by atoms with Crippen molar-refractivity contribution in [1.29, 1.82) is 0 Å². The first-order chi connectivity index (χ1) is 9.30. The molecule has 3 N–H and O–H groups in total. The molecule has 0 saturated heterocycles. The molecule has 0 aliphatic heterocycles. The van der Waals surface area contributed by atoms with Gasteiger partial charge in [0.1, 0.15) is 0 Å². The number of nitrogen functional groups attached to an aromatic ring is 1. The summed E-state index contributed by atoms with van der Waals surface area (Å²) in [6.07, 6.45) is 1.59. The normalized spacial score (nSPS) is 10.9. The summed E-state index contributed by atoms with van der Waals surface area (Å²) in [5.74, 6) is -0.198. The molecule has 1 aromatic carbocycles. The minimum Gasteiger partial charge on any atom is -0.397 e. The summed E-state index contributed by atoms with van der Waals surface area (Å²) in [5.41, 5.74) is 8.22. The number of halogens is 1. The van der Waals surface area contributed by atoms with Crippen LogP contribution < -0.4 is 11.1 Å². The molecule has 2 aromatic rings. The van der Waals surface area contributed by atoms with E-state index in [1.54, 1.807) is 18.3 Å². The number of carbonyl (C=O) groups excluding carboxylic acids is 1. The van der Waals surface area contributed by atoms with Crippen molar-refractivity contribution < 1.29 is 4.79 Å². The van der Waals surface area contributed by atoms with Gasteiger partial charge in [-0.2, -0.15) is 5.10 Å². The number of aromatic nitrogens is 2. The van der Waals surface area contributed by atoms with Gasteiger partial charge in [0.2, 0.25) is 0 Å². The molecule has 5 nitrogen and oxygen atoms in total. The zero-order valence-electron chi connectivity index (χ0n) is 12.7. The van der Waals surface area contributed by atoms with Crippen LogP contribution in [0.1, 0.15) is 36.8 Å². The fourth-order valence-corrected chi connectivity index (χ4v) is 2.11. The second-order valence-corrected chi connectivity index (χ2v) is 5.77. The second-order valence-electron chi connectivity index (χ2n) is 5.77. The third kappa shape index (κ3) is 3.55. The Bertz CT molecular complexity index is 643. The number of hydrogen-bond acceptors (Lipinski definition) is 3. The molecule has 2 rings (SSSR count). The maximum absolute atomic E-state index is 12.3. The molecule has 0 radical (unpaired) electrons. The number of nitrogens with two attached hydrogens (primary N) is 1. The van der Waals surface area contributed by atoms with E-state index in [9.17, 15) is 4.79 Å². The Morgan fingerprint density at radius 1 is 1.29 bits per heavy atom. The lowest BCUT2D eigenvalue weighted by molar-refractivity contribution is 0.102. The molecule has 0 spiro atoms. The number of anilines is 2. The molecule has 0 atom stereocenters. The van der Waals surface area contributed by atoms with Crippen molar-refractivity contribution >= 4 is 29.7 Å². The third-order valence-corrected chi connectivity index (χ3v) is 3.10. The van der Waals surface area contributed by atoms with E-state index in [-0.39, 0.29) is 23.9 Å². The Labute approximate surface area is 130 Å². The molecule has 21 heavy (non-hydrogen) atoms. The highest BCUT2D eigenvalue weighted by Crippen LogP contribution is 2.21. The molecule has 0 unspecified atom stereocenters. The van der Waals surface area contributed by atoms with Crippen LogP contribution in [0.15, 0.2) is 30.5 Å². The van der Waals surface area contributed by atoms with Crippen LogP contribution >= 0.6 is 12.4 Å². The Morgan fingerprint density at radius 2 is 1.90 bits per heavy atom. The molecule has 0 fully saturated rings. The Kier molecular flexibility index (Phi) is 5.01. The average molecular weight is 309 g/mol. The number of hydrogen-bond donors (Lipinski definition) is 2. The Balaban J connectivity index is 0.00000220. The zero-order valence-corrected chi connectivity index (χ0v) is 13.5. The van der Waals surface area contributed by atoms with Gasteiger partial charge in [-0.3, -0.25) is 9.48 Å². The summed E-state index contributed by atoms with van der Waals surface area (Å²) in [7, 11) is 0.